The highest BCUT2D eigenvalue weighted by Crippen LogP contribution is 2.24. The molecule has 0 fully saturated rings. The number of hydrogen-bond acceptors (Lipinski definition) is 2. The molecule has 2 rings (SSSR count). The molecule has 0 amide bonds. The van der Waals surface area contributed by atoms with Gasteiger partial charge in [-0.15, -0.1) is 11.3 Å². The van der Waals surface area contributed by atoms with Crippen LogP contribution in [0.4, 0.5) is 0 Å². The molecule has 0 radical (unpaired) electrons. The monoisotopic (exact) mass is 202 g/mol. The van der Waals surface area contributed by atoms with Gasteiger partial charge in [0.1, 0.15) is 0 Å². The van der Waals surface area contributed by atoms with Gasteiger partial charge in [0.15, 0.2) is 0 Å². The normalized spacial score (nSPS) is 9.43. The lowest BCUT2D eigenvalue weighted by molar-refractivity contribution is -0.130. The summed E-state index contributed by atoms with van der Waals surface area (Å²) in [5.74, 6) is 3.64. The Morgan fingerprint density at radius 1 is 1.36 bits per heavy atom. The quantitative estimate of drug-likeness (QED) is 0.666. The number of thiophene rings is 1. The van der Waals surface area contributed by atoms with Crippen LogP contribution in [0, 0.1) is 11.8 Å². The molecular weight excluding hydrogens is 196 g/mol. The van der Waals surface area contributed by atoms with Crippen LogP contribution < -0.4 is 0 Å². The van der Waals surface area contributed by atoms with E-state index in [0.717, 1.165) is 15.6 Å². The van der Waals surface area contributed by atoms with Crippen molar-refractivity contribution in [3.63, 3.8) is 0 Å². The molecular formula is C11H6O2S. The largest absolute Gasteiger partial charge is 0.472 e. The fourth-order valence-electron chi connectivity index (χ4n) is 1.20. The molecule has 14 heavy (non-hydrogen) atoms. The number of benzene rings is 1. The summed E-state index contributed by atoms with van der Waals surface area (Å²) in [6, 6.07) is 7.80. The Labute approximate surface area is 84.8 Å². The second-order valence-corrected chi connectivity index (χ2v) is 3.61. The second kappa shape index (κ2) is 3.52. The van der Waals surface area contributed by atoms with Crippen molar-refractivity contribution in [2.75, 3.05) is 0 Å². The van der Waals surface area contributed by atoms with Crippen LogP contribution >= 0.6 is 11.3 Å². The van der Waals surface area contributed by atoms with Crippen molar-refractivity contribution in [2.24, 2.45) is 0 Å². The molecule has 0 atom stereocenters. The van der Waals surface area contributed by atoms with E-state index in [1.807, 2.05) is 29.6 Å². The Hall–Kier alpha value is -1.79. The van der Waals surface area contributed by atoms with Gasteiger partial charge in [0.05, 0.1) is 0 Å². The number of carboxylic acids is 1. The van der Waals surface area contributed by atoms with Crippen LogP contribution in [0.25, 0.3) is 10.1 Å². The third-order valence-electron chi connectivity index (χ3n) is 1.79. The molecule has 3 heteroatoms. The molecule has 0 saturated heterocycles. The molecule has 0 saturated carbocycles. The van der Waals surface area contributed by atoms with E-state index in [4.69, 9.17) is 5.11 Å². The maximum absolute atomic E-state index is 10.3. The van der Waals surface area contributed by atoms with E-state index < -0.39 is 5.97 Å². The molecule has 68 valence electrons. The van der Waals surface area contributed by atoms with E-state index in [9.17, 15) is 4.79 Å². The van der Waals surface area contributed by atoms with E-state index in [-0.39, 0.29) is 0 Å². The van der Waals surface area contributed by atoms with Crippen molar-refractivity contribution in [2.45, 2.75) is 0 Å². The van der Waals surface area contributed by atoms with Gasteiger partial charge in [-0.25, -0.2) is 4.79 Å². The maximum Gasteiger partial charge on any atom is 0.382 e. The van der Waals surface area contributed by atoms with Gasteiger partial charge in [-0.1, -0.05) is 24.1 Å². The molecule has 1 N–H and O–H groups in total. The van der Waals surface area contributed by atoms with E-state index in [1.165, 1.54) is 0 Å². The van der Waals surface area contributed by atoms with Crippen LogP contribution in [-0.2, 0) is 4.79 Å². The maximum atomic E-state index is 10.3. The highest BCUT2D eigenvalue weighted by atomic mass is 32.1. The first-order valence-corrected chi connectivity index (χ1v) is 4.86. The molecule has 2 nitrogen and oxygen atoms in total. The number of aliphatic carboxylic acids is 1. The second-order valence-electron chi connectivity index (χ2n) is 2.70. The van der Waals surface area contributed by atoms with Crippen LogP contribution in [0.5, 0.6) is 0 Å². The van der Waals surface area contributed by atoms with Crippen molar-refractivity contribution in [3.05, 3.63) is 35.2 Å². The lowest BCUT2D eigenvalue weighted by Crippen LogP contribution is -1.86. The zero-order valence-corrected chi connectivity index (χ0v) is 7.97. The summed E-state index contributed by atoms with van der Waals surface area (Å²) in [7, 11) is 0. The fraction of sp³-hybridized carbons (Fsp3) is 0. The lowest BCUT2D eigenvalue weighted by Gasteiger charge is -1.87. The number of fused-ring (bicyclic) bond motifs is 1. The first kappa shape index (κ1) is 8.79. The minimum Gasteiger partial charge on any atom is -0.472 e. The number of rotatable bonds is 0. The van der Waals surface area contributed by atoms with Crippen LogP contribution in [-0.4, -0.2) is 11.1 Å². The average molecular weight is 202 g/mol. The van der Waals surface area contributed by atoms with Gasteiger partial charge in [0.25, 0.3) is 0 Å². The molecule has 0 aliphatic rings. The zero-order chi connectivity index (χ0) is 9.97. The first-order chi connectivity index (χ1) is 6.77. The van der Waals surface area contributed by atoms with Crippen LogP contribution in [0.2, 0.25) is 0 Å². The summed E-state index contributed by atoms with van der Waals surface area (Å²) >= 11 is 1.57. The molecule has 1 aromatic carbocycles. The van der Waals surface area contributed by atoms with E-state index in [2.05, 4.69) is 11.8 Å². The van der Waals surface area contributed by atoms with Crippen LogP contribution in [0.15, 0.2) is 29.6 Å². The van der Waals surface area contributed by atoms with Crippen LogP contribution in [0.3, 0.4) is 0 Å². The van der Waals surface area contributed by atoms with Gasteiger partial charge in [-0.2, -0.15) is 0 Å². The topological polar surface area (TPSA) is 37.3 Å². The number of hydrogen-bond donors (Lipinski definition) is 1. The predicted molar refractivity (Wildman–Crippen MR) is 56.3 cm³/mol. The van der Waals surface area contributed by atoms with Gasteiger partial charge < -0.3 is 5.11 Å². The highest BCUT2D eigenvalue weighted by molar-refractivity contribution is 7.17. The van der Waals surface area contributed by atoms with Gasteiger partial charge in [0.2, 0.25) is 0 Å². The Kier molecular flexibility index (Phi) is 2.21. The summed E-state index contributed by atoms with van der Waals surface area (Å²) < 4.78 is 1.13. The molecule has 0 unspecified atom stereocenters. The summed E-state index contributed by atoms with van der Waals surface area (Å²) in [6.45, 7) is 0. The van der Waals surface area contributed by atoms with Crippen molar-refractivity contribution >= 4 is 27.4 Å². The van der Waals surface area contributed by atoms with E-state index in [0.29, 0.717) is 0 Å². The van der Waals surface area contributed by atoms with Gasteiger partial charge >= 0.3 is 5.97 Å². The highest BCUT2D eigenvalue weighted by Gasteiger charge is 1.99. The number of carbonyl (C=O) groups is 1. The summed E-state index contributed by atoms with van der Waals surface area (Å²) in [6.07, 6.45) is 0. The molecule has 0 spiro atoms. The smallest absolute Gasteiger partial charge is 0.382 e. The summed E-state index contributed by atoms with van der Waals surface area (Å²) in [4.78, 5) is 10.3. The Morgan fingerprint density at radius 2 is 2.14 bits per heavy atom. The molecule has 0 bridgehead atoms. The van der Waals surface area contributed by atoms with Crippen molar-refractivity contribution in [3.8, 4) is 11.8 Å². The van der Waals surface area contributed by atoms with Crippen molar-refractivity contribution in [1.29, 1.82) is 0 Å². The molecule has 2 aromatic rings. The Bertz CT molecular complexity index is 543. The molecule has 1 aromatic heterocycles. The lowest BCUT2D eigenvalue weighted by atomic mass is 10.2. The van der Waals surface area contributed by atoms with E-state index in [1.54, 1.807) is 11.3 Å². The Morgan fingerprint density at radius 3 is 2.93 bits per heavy atom. The molecule has 0 aliphatic heterocycles. The average Bonchev–Trinajstić information content (AvgIpc) is 2.58. The molecule has 0 aliphatic carbocycles. The third-order valence-corrected chi connectivity index (χ3v) is 2.75. The molecule has 1 heterocycles. The first-order valence-electron chi connectivity index (χ1n) is 3.98. The van der Waals surface area contributed by atoms with Gasteiger partial charge in [-0.3, -0.25) is 0 Å². The van der Waals surface area contributed by atoms with Crippen molar-refractivity contribution < 1.29 is 9.90 Å². The van der Waals surface area contributed by atoms with E-state index >= 15 is 0 Å². The predicted octanol–water partition coefficient (Wildman–Crippen LogP) is 2.34. The number of carboxylic acid groups (broad SMARTS) is 1. The summed E-state index contributed by atoms with van der Waals surface area (Å²) in [5, 5.41) is 11.3. The summed E-state index contributed by atoms with van der Waals surface area (Å²) in [5.41, 5.74) is 0.785. The SMILES string of the molecule is O=C(O)C#Cc1csc2ccccc12. The van der Waals surface area contributed by atoms with Gasteiger partial charge in [-0.05, 0) is 6.07 Å². The third kappa shape index (κ3) is 1.61. The van der Waals surface area contributed by atoms with Crippen LogP contribution in [0.1, 0.15) is 5.56 Å². The zero-order valence-electron chi connectivity index (χ0n) is 7.15. The minimum absolute atomic E-state index is 0.785. The Balaban J connectivity index is 2.55. The standard InChI is InChI=1S/C11H6O2S/c12-11(13)6-5-8-7-14-10-4-2-1-3-9(8)10/h1-4,7H,(H,12,13). The van der Waals surface area contributed by atoms with Crippen molar-refractivity contribution in [1.82, 2.24) is 0 Å². The fourth-order valence-corrected chi connectivity index (χ4v) is 2.09. The minimum atomic E-state index is -1.10. The van der Waals surface area contributed by atoms with Gasteiger partial charge in [0, 0.05) is 27.0 Å².